The number of rotatable bonds is 5. The molecule has 26 heavy (non-hydrogen) atoms. The molecular formula is C18H18Cl3N3O2. The zero-order valence-corrected chi connectivity index (χ0v) is 16.3. The van der Waals surface area contributed by atoms with Gasteiger partial charge in [0.25, 0.3) is 5.91 Å². The summed E-state index contributed by atoms with van der Waals surface area (Å²) in [5.41, 5.74) is 0.276. The lowest BCUT2D eigenvalue weighted by molar-refractivity contribution is 0.0614. The number of hydrogen-bond acceptors (Lipinski definition) is 4. The smallest absolute Gasteiger partial charge is 0.272 e. The van der Waals surface area contributed by atoms with Crippen molar-refractivity contribution in [3.05, 3.63) is 57.3 Å². The number of halogens is 3. The number of amides is 1. The van der Waals surface area contributed by atoms with Crippen LogP contribution in [0.25, 0.3) is 0 Å². The molecule has 1 fully saturated rings. The standard InChI is InChI=1S/C18H18Cl3N3O2/c19-13-11-15(22-17(21)12-13)18(25)24-7-5-23(6-8-24)9-10-26-16-4-2-1-3-14(16)20/h1-4,11-12H,5-10H2. The molecule has 3 rings (SSSR count). The number of para-hydroxylation sites is 1. The Bertz CT molecular complexity index is 760. The average Bonchev–Trinajstić information content (AvgIpc) is 2.62. The number of piperazine rings is 1. The number of carbonyl (C=O) groups is 1. The molecule has 0 spiro atoms. The van der Waals surface area contributed by atoms with Crippen molar-refractivity contribution in [2.24, 2.45) is 0 Å². The predicted octanol–water partition coefficient (Wildman–Crippen LogP) is 3.88. The molecule has 2 heterocycles. The maximum atomic E-state index is 12.5. The lowest BCUT2D eigenvalue weighted by atomic mass is 10.2. The highest BCUT2D eigenvalue weighted by molar-refractivity contribution is 6.34. The van der Waals surface area contributed by atoms with Gasteiger partial charge in [-0.05, 0) is 24.3 Å². The minimum absolute atomic E-state index is 0.152. The topological polar surface area (TPSA) is 45.7 Å². The second-order valence-corrected chi connectivity index (χ2v) is 7.14. The van der Waals surface area contributed by atoms with Crippen LogP contribution in [0.4, 0.5) is 0 Å². The first kappa shape index (κ1) is 19.2. The molecule has 0 radical (unpaired) electrons. The third kappa shape index (κ3) is 5.01. The summed E-state index contributed by atoms with van der Waals surface area (Å²) >= 11 is 17.9. The van der Waals surface area contributed by atoms with Gasteiger partial charge in [0.1, 0.15) is 23.2 Å². The third-order valence-corrected chi connectivity index (χ3v) is 4.86. The van der Waals surface area contributed by atoms with Gasteiger partial charge in [0.15, 0.2) is 0 Å². The number of nitrogens with zero attached hydrogens (tertiary/aromatic N) is 3. The van der Waals surface area contributed by atoms with Crippen LogP contribution >= 0.6 is 34.8 Å². The fourth-order valence-electron chi connectivity index (χ4n) is 2.76. The fraction of sp³-hybridized carbons (Fsp3) is 0.333. The van der Waals surface area contributed by atoms with Crippen LogP contribution in [0.3, 0.4) is 0 Å². The van der Waals surface area contributed by atoms with Crippen LogP contribution in [0.1, 0.15) is 10.5 Å². The van der Waals surface area contributed by atoms with E-state index < -0.39 is 0 Å². The van der Waals surface area contributed by atoms with Gasteiger partial charge in [-0.1, -0.05) is 46.9 Å². The average molecular weight is 415 g/mol. The van der Waals surface area contributed by atoms with E-state index >= 15 is 0 Å². The maximum absolute atomic E-state index is 12.5. The fourth-order valence-corrected chi connectivity index (χ4v) is 3.42. The summed E-state index contributed by atoms with van der Waals surface area (Å²) < 4.78 is 5.72. The summed E-state index contributed by atoms with van der Waals surface area (Å²) in [6, 6.07) is 10.5. The molecule has 1 aromatic carbocycles. The monoisotopic (exact) mass is 413 g/mol. The Balaban J connectivity index is 1.46. The Morgan fingerprint density at radius 2 is 1.81 bits per heavy atom. The predicted molar refractivity (Wildman–Crippen MR) is 104 cm³/mol. The Kier molecular flexibility index (Phi) is 6.59. The number of ether oxygens (including phenoxy) is 1. The van der Waals surface area contributed by atoms with Crippen molar-refractivity contribution in [2.75, 3.05) is 39.3 Å². The van der Waals surface area contributed by atoms with Gasteiger partial charge in [-0.25, -0.2) is 4.98 Å². The molecule has 1 aliphatic rings. The first-order valence-electron chi connectivity index (χ1n) is 8.25. The maximum Gasteiger partial charge on any atom is 0.272 e. The summed E-state index contributed by atoms with van der Waals surface area (Å²) in [5, 5.41) is 1.23. The first-order valence-corrected chi connectivity index (χ1v) is 9.38. The van der Waals surface area contributed by atoms with E-state index in [4.69, 9.17) is 39.5 Å². The van der Waals surface area contributed by atoms with Crippen molar-refractivity contribution in [3.8, 4) is 5.75 Å². The minimum atomic E-state index is -0.152. The lowest BCUT2D eigenvalue weighted by Crippen LogP contribution is -2.49. The highest BCUT2D eigenvalue weighted by Crippen LogP contribution is 2.23. The third-order valence-electron chi connectivity index (χ3n) is 4.14. The van der Waals surface area contributed by atoms with Crippen molar-refractivity contribution >= 4 is 40.7 Å². The van der Waals surface area contributed by atoms with E-state index in [0.29, 0.717) is 35.5 Å². The van der Waals surface area contributed by atoms with Gasteiger partial charge in [0, 0.05) is 37.7 Å². The quantitative estimate of drug-likeness (QED) is 0.697. The van der Waals surface area contributed by atoms with Gasteiger partial charge in [0.2, 0.25) is 0 Å². The van der Waals surface area contributed by atoms with E-state index in [9.17, 15) is 4.79 Å². The number of hydrogen-bond donors (Lipinski definition) is 0. The molecule has 0 bridgehead atoms. The number of carbonyl (C=O) groups excluding carboxylic acids is 1. The SMILES string of the molecule is O=C(c1cc(Cl)cc(Cl)n1)N1CCN(CCOc2ccccc2Cl)CC1. The highest BCUT2D eigenvalue weighted by Gasteiger charge is 2.23. The van der Waals surface area contributed by atoms with Crippen LogP contribution in [0.15, 0.2) is 36.4 Å². The van der Waals surface area contributed by atoms with Crippen LogP contribution in [0.2, 0.25) is 15.2 Å². The Morgan fingerprint density at radius 3 is 2.50 bits per heavy atom. The molecular weight excluding hydrogens is 397 g/mol. The molecule has 5 nitrogen and oxygen atoms in total. The summed E-state index contributed by atoms with van der Waals surface area (Å²) in [6.45, 7) is 4.10. The molecule has 1 saturated heterocycles. The molecule has 0 unspecified atom stereocenters. The summed E-state index contributed by atoms with van der Waals surface area (Å²) in [5.74, 6) is 0.535. The Labute approximate surface area is 167 Å². The van der Waals surface area contributed by atoms with E-state index in [1.54, 1.807) is 17.0 Å². The molecule has 1 aromatic heterocycles. The van der Waals surface area contributed by atoms with Gasteiger partial charge < -0.3 is 9.64 Å². The van der Waals surface area contributed by atoms with Gasteiger partial charge in [0.05, 0.1) is 5.02 Å². The highest BCUT2D eigenvalue weighted by atomic mass is 35.5. The zero-order chi connectivity index (χ0) is 18.5. The molecule has 0 N–H and O–H groups in total. The van der Waals surface area contributed by atoms with Gasteiger partial charge in [-0.2, -0.15) is 0 Å². The minimum Gasteiger partial charge on any atom is -0.491 e. The molecule has 0 atom stereocenters. The van der Waals surface area contributed by atoms with E-state index in [-0.39, 0.29) is 16.8 Å². The Hall–Kier alpha value is -1.53. The molecule has 138 valence electrons. The van der Waals surface area contributed by atoms with Crippen molar-refractivity contribution in [1.82, 2.24) is 14.8 Å². The van der Waals surface area contributed by atoms with E-state index in [1.165, 1.54) is 6.07 Å². The van der Waals surface area contributed by atoms with Crippen LogP contribution in [-0.4, -0.2) is 60.0 Å². The van der Waals surface area contributed by atoms with Crippen LogP contribution < -0.4 is 4.74 Å². The van der Waals surface area contributed by atoms with E-state index in [2.05, 4.69) is 9.88 Å². The van der Waals surface area contributed by atoms with Crippen molar-refractivity contribution in [1.29, 1.82) is 0 Å². The van der Waals surface area contributed by atoms with Crippen LogP contribution in [0.5, 0.6) is 5.75 Å². The molecule has 0 saturated carbocycles. The summed E-state index contributed by atoms with van der Waals surface area (Å²) in [6.07, 6.45) is 0. The van der Waals surface area contributed by atoms with Crippen LogP contribution in [-0.2, 0) is 0 Å². The second kappa shape index (κ2) is 8.91. The number of aromatic nitrogens is 1. The van der Waals surface area contributed by atoms with Crippen molar-refractivity contribution in [3.63, 3.8) is 0 Å². The van der Waals surface area contributed by atoms with Gasteiger partial charge >= 0.3 is 0 Å². The van der Waals surface area contributed by atoms with E-state index in [0.717, 1.165) is 19.6 Å². The van der Waals surface area contributed by atoms with Crippen LogP contribution in [0, 0.1) is 0 Å². The Morgan fingerprint density at radius 1 is 1.08 bits per heavy atom. The molecule has 2 aromatic rings. The molecule has 1 amide bonds. The molecule has 8 heteroatoms. The summed E-state index contributed by atoms with van der Waals surface area (Å²) in [7, 11) is 0. The largest absolute Gasteiger partial charge is 0.491 e. The van der Waals surface area contributed by atoms with Gasteiger partial charge in [-0.15, -0.1) is 0 Å². The van der Waals surface area contributed by atoms with Crippen molar-refractivity contribution in [2.45, 2.75) is 0 Å². The molecule has 0 aliphatic carbocycles. The first-order chi connectivity index (χ1) is 12.5. The van der Waals surface area contributed by atoms with E-state index in [1.807, 2.05) is 18.2 Å². The van der Waals surface area contributed by atoms with Crippen molar-refractivity contribution < 1.29 is 9.53 Å². The second-order valence-electron chi connectivity index (χ2n) is 5.91. The number of benzene rings is 1. The normalized spacial score (nSPS) is 15.1. The summed E-state index contributed by atoms with van der Waals surface area (Å²) in [4.78, 5) is 20.6. The number of pyridine rings is 1. The lowest BCUT2D eigenvalue weighted by Gasteiger charge is -2.34. The van der Waals surface area contributed by atoms with Gasteiger partial charge in [-0.3, -0.25) is 9.69 Å². The molecule has 1 aliphatic heterocycles. The zero-order valence-electron chi connectivity index (χ0n) is 14.0.